The lowest BCUT2D eigenvalue weighted by molar-refractivity contribution is -0.140. The minimum atomic E-state index is -0.221. The van der Waals surface area contributed by atoms with Gasteiger partial charge in [0, 0.05) is 38.8 Å². The van der Waals surface area contributed by atoms with E-state index in [1.165, 1.54) is 6.42 Å². The highest BCUT2D eigenvalue weighted by molar-refractivity contribution is 5.82. The van der Waals surface area contributed by atoms with Gasteiger partial charge in [0.25, 0.3) is 0 Å². The molecule has 0 aliphatic carbocycles. The number of amides is 2. The summed E-state index contributed by atoms with van der Waals surface area (Å²) < 4.78 is 5.36. The van der Waals surface area contributed by atoms with E-state index in [2.05, 4.69) is 16.7 Å². The summed E-state index contributed by atoms with van der Waals surface area (Å²) in [6.45, 7) is 12.5. The molecule has 6 nitrogen and oxygen atoms in total. The Morgan fingerprint density at radius 3 is 2.46 bits per heavy atom. The van der Waals surface area contributed by atoms with Crippen LogP contribution in [0.2, 0.25) is 0 Å². The highest BCUT2D eigenvalue weighted by Crippen LogP contribution is 2.22. The summed E-state index contributed by atoms with van der Waals surface area (Å²) >= 11 is 0. The van der Waals surface area contributed by atoms with Crippen LogP contribution in [0, 0.1) is 5.92 Å². The van der Waals surface area contributed by atoms with E-state index >= 15 is 0 Å². The molecular weight excluding hydrogens is 330 g/mol. The zero-order chi connectivity index (χ0) is 19.1. The fourth-order valence-corrected chi connectivity index (χ4v) is 3.95. The number of nitrogens with zero attached hydrogens (tertiary/aromatic N) is 3. The Hall–Kier alpha value is -1.30. The van der Waals surface area contributed by atoms with Crippen molar-refractivity contribution in [3.8, 4) is 0 Å². The molecule has 0 aromatic carbocycles. The summed E-state index contributed by atoms with van der Waals surface area (Å²) in [4.78, 5) is 31.4. The maximum atomic E-state index is 13.1. The molecule has 26 heavy (non-hydrogen) atoms. The quantitative estimate of drug-likeness (QED) is 0.750. The molecule has 0 aromatic heterocycles. The second kappa shape index (κ2) is 10.1. The molecule has 2 rings (SSSR count). The lowest BCUT2D eigenvalue weighted by atomic mass is 9.99. The van der Waals surface area contributed by atoms with Gasteiger partial charge in [-0.15, -0.1) is 0 Å². The van der Waals surface area contributed by atoms with Gasteiger partial charge in [0.1, 0.15) is 0 Å². The van der Waals surface area contributed by atoms with Crippen LogP contribution in [0.1, 0.15) is 59.8 Å². The number of rotatable bonds is 5. The van der Waals surface area contributed by atoms with Crippen LogP contribution in [0.25, 0.3) is 0 Å². The summed E-state index contributed by atoms with van der Waals surface area (Å²) in [7, 11) is 0. The van der Waals surface area contributed by atoms with Crippen LogP contribution in [0.4, 0.5) is 4.79 Å². The predicted octanol–water partition coefficient (Wildman–Crippen LogP) is 2.97. The minimum Gasteiger partial charge on any atom is -0.449 e. The van der Waals surface area contributed by atoms with Crippen LogP contribution in [-0.2, 0) is 9.53 Å². The molecule has 2 unspecified atom stereocenters. The Balaban J connectivity index is 1.88. The van der Waals surface area contributed by atoms with Gasteiger partial charge < -0.3 is 14.5 Å². The Morgan fingerprint density at radius 1 is 1.00 bits per heavy atom. The SMILES string of the molecule is CCC1CCCCN1C(=O)C(C)N1CCCN(C(=O)OCC(C)C)CC1. The Bertz CT molecular complexity index is 469. The molecule has 0 spiro atoms. The first-order valence-electron chi connectivity index (χ1n) is 10.4. The molecule has 2 fully saturated rings. The van der Waals surface area contributed by atoms with Crippen molar-refractivity contribution in [3.63, 3.8) is 0 Å². The largest absolute Gasteiger partial charge is 0.449 e. The van der Waals surface area contributed by atoms with E-state index in [0.717, 1.165) is 45.3 Å². The Labute approximate surface area is 158 Å². The number of hydrogen-bond acceptors (Lipinski definition) is 4. The zero-order valence-electron chi connectivity index (χ0n) is 17.1. The second-order valence-corrected chi connectivity index (χ2v) is 8.11. The molecule has 6 heteroatoms. The van der Waals surface area contributed by atoms with E-state index in [9.17, 15) is 9.59 Å². The van der Waals surface area contributed by atoms with E-state index in [-0.39, 0.29) is 18.0 Å². The van der Waals surface area contributed by atoms with Gasteiger partial charge in [0.15, 0.2) is 0 Å². The average Bonchev–Trinajstić information content (AvgIpc) is 2.91. The third kappa shape index (κ3) is 5.60. The molecule has 2 saturated heterocycles. The molecule has 0 radical (unpaired) electrons. The number of carbonyl (C=O) groups excluding carboxylic acids is 2. The summed E-state index contributed by atoms with van der Waals surface area (Å²) in [6.07, 6.45) is 5.17. The Morgan fingerprint density at radius 2 is 1.77 bits per heavy atom. The zero-order valence-corrected chi connectivity index (χ0v) is 17.1. The normalized spacial score (nSPS) is 23.7. The third-order valence-corrected chi connectivity index (χ3v) is 5.62. The highest BCUT2D eigenvalue weighted by Gasteiger charge is 2.32. The summed E-state index contributed by atoms with van der Waals surface area (Å²) in [5.41, 5.74) is 0. The molecular formula is C20H37N3O3. The minimum absolute atomic E-state index is 0.117. The first kappa shape index (κ1) is 21.0. The molecule has 2 atom stereocenters. The molecule has 0 bridgehead atoms. The van der Waals surface area contributed by atoms with Gasteiger partial charge in [0.2, 0.25) is 5.91 Å². The van der Waals surface area contributed by atoms with Gasteiger partial charge in [-0.1, -0.05) is 20.8 Å². The number of hydrogen-bond donors (Lipinski definition) is 0. The molecule has 150 valence electrons. The lowest BCUT2D eigenvalue weighted by Gasteiger charge is -2.39. The van der Waals surface area contributed by atoms with Gasteiger partial charge in [-0.05, 0) is 44.9 Å². The highest BCUT2D eigenvalue weighted by atomic mass is 16.6. The van der Waals surface area contributed by atoms with Crippen LogP contribution in [0.15, 0.2) is 0 Å². The van der Waals surface area contributed by atoms with Crippen molar-refractivity contribution >= 4 is 12.0 Å². The standard InChI is InChI=1S/C20H37N3O3/c1-5-18-9-6-7-12-23(18)19(24)17(4)21-10-8-11-22(14-13-21)20(25)26-15-16(2)3/h16-18H,5-15H2,1-4H3. The van der Waals surface area contributed by atoms with E-state index in [4.69, 9.17) is 4.74 Å². The molecule has 0 aromatic rings. The predicted molar refractivity (Wildman–Crippen MR) is 103 cm³/mol. The third-order valence-electron chi connectivity index (χ3n) is 5.62. The molecule has 2 amide bonds. The molecule has 0 saturated carbocycles. The van der Waals surface area contributed by atoms with E-state index in [1.807, 2.05) is 20.8 Å². The van der Waals surface area contributed by atoms with Crippen molar-refractivity contribution in [1.29, 1.82) is 0 Å². The van der Waals surface area contributed by atoms with Crippen LogP contribution in [-0.4, -0.2) is 78.1 Å². The van der Waals surface area contributed by atoms with Gasteiger partial charge >= 0.3 is 6.09 Å². The van der Waals surface area contributed by atoms with Crippen molar-refractivity contribution < 1.29 is 14.3 Å². The van der Waals surface area contributed by atoms with E-state index < -0.39 is 0 Å². The fourth-order valence-electron chi connectivity index (χ4n) is 3.95. The smallest absolute Gasteiger partial charge is 0.409 e. The maximum absolute atomic E-state index is 13.1. The van der Waals surface area contributed by atoms with Crippen molar-refractivity contribution in [1.82, 2.24) is 14.7 Å². The fraction of sp³-hybridized carbons (Fsp3) is 0.900. The van der Waals surface area contributed by atoms with Crippen molar-refractivity contribution in [2.24, 2.45) is 5.92 Å². The topological polar surface area (TPSA) is 53.1 Å². The lowest BCUT2D eigenvalue weighted by Crippen LogP contribution is -2.52. The first-order valence-corrected chi connectivity index (χ1v) is 10.4. The van der Waals surface area contributed by atoms with Gasteiger partial charge in [-0.2, -0.15) is 0 Å². The van der Waals surface area contributed by atoms with Crippen molar-refractivity contribution in [2.75, 3.05) is 39.3 Å². The number of carbonyl (C=O) groups is 2. The van der Waals surface area contributed by atoms with Crippen molar-refractivity contribution in [3.05, 3.63) is 0 Å². The van der Waals surface area contributed by atoms with Gasteiger partial charge in [-0.25, -0.2) is 4.79 Å². The van der Waals surface area contributed by atoms with Crippen LogP contribution >= 0.6 is 0 Å². The number of likely N-dealkylation sites (tertiary alicyclic amines) is 1. The average molecular weight is 368 g/mol. The maximum Gasteiger partial charge on any atom is 0.409 e. The van der Waals surface area contributed by atoms with Gasteiger partial charge in [0.05, 0.1) is 12.6 Å². The van der Waals surface area contributed by atoms with Crippen molar-refractivity contribution in [2.45, 2.75) is 71.9 Å². The summed E-state index contributed by atoms with van der Waals surface area (Å²) in [6, 6.07) is 0.280. The molecule has 2 aliphatic heterocycles. The molecule has 2 aliphatic rings. The number of ether oxygens (including phenoxy) is 1. The van der Waals surface area contributed by atoms with E-state index in [0.29, 0.717) is 31.7 Å². The molecule has 2 heterocycles. The summed E-state index contributed by atoms with van der Waals surface area (Å²) in [5, 5.41) is 0. The molecule has 0 N–H and O–H groups in total. The van der Waals surface area contributed by atoms with Crippen LogP contribution in [0.5, 0.6) is 0 Å². The first-order chi connectivity index (χ1) is 12.4. The van der Waals surface area contributed by atoms with Gasteiger partial charge in [-0.3, -0.25) is 9.69 Å². The second-order valence-electron chi connectivity index (χ2n) is 8.11. The number of piperidine rings is 1. The van der Waals surface area contributed by atoms with Crippen LogP contribution in [0.3, 0.4) is 0 Å². The van der Waals surface area contributed by atoms with E-state index in [1.54, 1.807) is 4.90 Å². The monoisotopic (exact) mass is 367 g/mol. The Kier molecular flexibility index (Phi) is 8.19. The van der Waals surface area contributed by atoms with Crippen LogP contribution < -0.4 is 0 Å². The summed E-state index contributed by atoms with van der Waals surface area (Å²) in [5.74, 6) is 0.600.